The van der Waals surface area contributed by atoms with Crippen molar-refractivity contribution >= 4 is 42.4 Å². The van der Waals surface area contributed by atoms with Crippen molar-refractivity contribution in [1.29, 1.82) is 0 Å². The maximum absolute atomic E-state index is 13.5. The Morgan fingerprint density at radius 2 is 1.87 bits per heavy atom. The van der Waals surface area contributed by atoms with Crippen LogP contribution in [0, 0.1) is 13.8 Å². The second-order valence-corrected chi connectivity index (χ2v) is 10.4. The average molecular weight is 452 g/mol. The lowest BCUT2D eigenvalue weighted by molar-refractivity contribution is 0.0984. The molecule has 31 heavy (non-hydrogen) atoms. The molecule has 8 heteroatoms. The number of aryl methyl sites for hydroxylation is 2. The lowest BCUT2D eigenvalue weighted by Crippen LogP contribution is -2.30. The van der Waals surface area contributed by atoms with Crippen molar-refractivity contribution in [2.75, 3.05) is 11.2 Å². The Bertz CT molecular complexity index is 1380. The first-order chi connectivity index (χ1) is 14.7. The van der Waals surface area contributed by atoms with Crippen LogP contribution in [0.5, 0.6) is 0 Å². The van der Waals surface area contributed by atoms with Crippen LogP contribution in [0.3, 0.4) is 0 Å². The number of thiazole rings is 1. The van der Waals surface area contributed by atoms with E-state index >= 15 is 0 Å². The minimum absolute atomic E-state index is 0.104. The number of aromatic nitrogens is 2. The fraction of sp³-hybridized carbons (Fsp3) is 0.174. The van der Waals surface area contributed by atoms with Gasteiger partial charge in [0.25, 0.3) is 5.91 Å². The van der Waals surface area contributed by atoms with Gasteiger partial charge in [-0.3, -0.25) is 14.7 Å². The minimum atomic E-state index is -3.44. The fourth-order valence-electron chi connectivity index (χ4n) is 3.23. The Balaban J connectivity index is 1.82. The van der Waals surface area contributed by atoms with Gasteiger partial charge >= 0.3 is 0 Å². The molecule has 0 saturated carbocycles. The molecule has 6 nitrogen and oxygen atoms in total. The Labute approximate surface area is 185 Å². The maximum Gasteiger partial charge on any atom is 0.260 e. The van der Waals surface area contributed by atoms with E-state index in [1.807, 2.05) is 44.2 Å². The van der Waals surface area contributed by atoms with Crippen LogP contribution in [-0.4, -0.2) is 30.5 Å². The largest absolute Gasteiger partial charge is 0.278 e. The first kappa shape index (κ1) is 21.1. The topological polar surface area (TPSA) is 80.2 Å². The SMILES string of the molecule is Cc1ccc2sc(N(Cc3ccccn3)C(=O)c3cccc(S(C)(=O)=O)c3)nc2c1C. The van der Waals surface area contributed by atoms with Crippen molar-refractivity contribution in [1.82, 2.24) is 9.97 Å². The van der Waals surface area contributed by atoms with Gasteiger partial charge in [-0.15, -0.1) is 0 Å². The quantitative estimate of drug-likeness (QED) is 0.444. The van der Waals surface area contributed by atoms with E-state index in [1.165, 1.54) is 23.5 Å². The van der Waals surface area contributed by atoms with Gasteiger partial charge in [-0.2, -0.15) is 0 Å². The Morgan fingerprint density at radius 1 is 1.06 bits per heavy atom. The number of sulfone groups is 1. The van der Waals surface area contributed by atoms with Crippen LogP contribution in [0.2, 0.25) is 0 Å². The second kappa shape index (κ2) is 8.20. The van der Waals surface area contributed by atoms with E-state index in [2.05, 4.69) is 4.98 Å². The number of carbonyl (C=O) groups excluding carboxylic acids is 1. The first-order valence-corrected chi connectivity index (χ1v) is 12.3. The van der Waals surface area contributed by atoms with Crippen molar-refractivity contribution in [2.24, 2.45) is 0 Å². The molecule has 158 valence electrons. The molecule has 2 aromatic heterocycles. The summed E-state index contributed by atoms with van der Waals surface area (Å²) in [6, 6.07) is 15.7. The van der Waals surface area contributed by atoms with Gasteiger partial charge in [0.15, 0.2) is 15.0 Å². The van der Waals surface area contributed by atoms with Crippen LogP contribution in [0.1, 0.15) is 27.2 Å². The molecule has 4 aromatic rings. The van der Waals surface area contributed by atoms with Crippen molar-refractivity contribution in [2.45, 2.75) is 25.3 Å². The molecule has 0 bridgehead atoms. The molecule has 2 aromatic carbocycles. The number of hydrogen-bond donors (Lipinski definition) is 0. The molecule has 0 spiro atoms. The Morgan fingerprint density at radius 3 is 2.58 bits per heavy atom. The summed E-state index contributed by atoms with van der Waals surface area (Å²) in [6.07, 6.45) is 2.80. The predicted octanol–water partition coefficient (Wildman–Crippen LogP) is 4.56. The normalized spacial score (nSPS) is 11.6. The third-order valence-corrected chi connectivity index (χ3v) is 7.26. The van der Waals surface area contributed by atoms with E-state index in [1.54, 1.807) is 23.2 Å². The van der Waals surface area contributed by atoms with Crippen molar-refractivity contribution < 1.29 is 13.2 Å². The van der Waals surface area contributed by atoms with E-state index in [-0.39, 0.29) is 22.9 Å². The number of hydrogen-bond acceptors (Lipinski definition) is 6. The van der Waals surface area contributed by atoms with Crippen molar-refractivity contribution in [3.8, 4) is 0 Å². The van der Waals surface area contributed by atoms with Gasteiger partial charge in [0.2, 0.25) is 0 Å². The van der Waals surface area contributed by atoms with Gasteiger partial charge in [-0.25, -0.2) is 13.4 Å². The van der Waals surface area contributed by atoms with E-state index < -0.39 is 9.84 Å². The highest BCUT2D eigenvalue weighted by Gasteiger charge is 2.24. The van der Waals surface area contributed by atoms with Crippen LogP contribution < -0.4 is 4.90 Å². The number of rotatable bonds is 5. The summed E-state index contributed by atoms with van der Waals surface area (Å²) >= 11 is 1.43. The molecular formula is C23H21N3O3S2. The van der Waals surface area contributed by atoms with Gasteiger partial charge in [0, 0.05) is 18.0 Å². The van der Waals surface area contributed by atoms with Crippen LogP contribution in [-0.2, 0) is 16.4 Å². The summed E-state index contributed by atoms with van der Waals surface area (Å²) in [5.41, 5.74) is 4.06. The molecule has 0 aliphatic rings. The first-order valence-electron chi connectivity index (χ1n) is 9.62. The molecule has 0 aliphatic carbocycles. The second-order valence-electron chi connectivity index (χ2n) is 7.36. The highest BCUT2D eigenvalue weighted by Crippen LogP contribution is 2.33. The van der Waals surface area contributed by atoms with Crippen LogP contribution in [0.4, 0.5) is 5.13 Å². The van der Waals surface area contributed by atoms with Crippen molar-refractivity contribution in [3.05, 3.63) is 83.2 Å². The number of pyridine rings is 1. The average Bonchev–Trinajstić information content (AvgIpc) is 3.19. The highest BCUT2D eigenvalue weighted by molar-refractivity contribution is 7.90. The lowest BCUT2D eigenvalue weighted by atomic mass is 10.1. The van der Waals surface area contributed by atoms with Crippen LogP contribution >= 0.6 is 11.3 Å². The summed E-state index contributed by atoms with van der Waals surface area (Å²) in [6.45, 7) is 4.27. The molecule has 2 heterocycles. The smallest absolute Gasteiger partial charge is 0.260 e. The van der Waals surface area contributed by atoms with E-state index in [4.69, 9.17) is 4.98 Å². The molecular weight excluding hydrogens is 430 g/mol. The molecule has 0 atom stereocenters. The van der Waals surface area contributed by atoms with Gasteiger partial charge in [0.05, 0.1) is 27.4 Å². The predicted molar refractivity (Wildman–Crippen MR) is 123 cm³/mol. The number of anilines is 1. The Kier molecular flexibility index (Phi) is 5.60. The minimum Gasteiger partial charge on any atom is -0.278 e. The van der Waals surface area contributed by atoms with E-state index in [0.29, 0.717) is 10.8 Å². The lowest BCUT2D eigenvalue weighted by Gasteiger charge is -2.20. The molecule has 1 amide bonds. The van der Waals surface area contributed by atoms with Gasteiger partial charge in [-0.05, 0) is 61.4 Å². The molecule has 4 rings (SSSR count). The number of amides is 1. The number of nitrogens with zero attached hydrogens (tertiary/aromatic N) is 3. The zero-order chi connectivity index (χ0) is 22.2. The summed E-state index contributed by atoms with van der Waals surface area (Å²) in [7, 11) is -3.44. The third-order valence-electron chi connectivity index (χ3n) is 5.10. The molecule has 0 N–H and O–H groups in total. The number of fused-ring (bicyclic) bond motifs is 1. The molecule has 0 unspecified atom stereocenters. The van der Waals surface area contributed by atoms with Crippen molar-refractivity contribution in [3.63, 3.8) is 0 Å². The summed E-state index contributed by atoms with van der Waals surface area (Å²) in [5, 5.41) is 0.545. The zero-order valence-electron chi connectivity index (χ0n) is 17.4. The third kappa shape index (κ3) is 4.35. The van der Waals surface area contributed by atoms with E-state index in [0.717, 1.165) is 27.6 Å². The molecule has 0 radical (unpaired) electrons. The summed E-state index contributed by atoms with van der Waals surface area (Å²) < 4.78 is 24.9. The number of benzene rings is 2. The molecule has 0 fully saturated rings. The van der Waals surface area contributed by atoms with Crippen LogP contribution in [0.25, 0.3) is 10.2 Å². The van der Waals surface area contributed by atoms with Crippen LogP contribution in [0.15, 0.2) is 65.7 Å². The highest BCUT2D eigenvalue weighted by atomic mass is 32.2. The van der Waals surface area contributed by atoms with Gasteiger partial charge < -0.3 is 0 Å². The molecule has 0 saturated heterocycles. The summed E-state index contributed by atoms with van der Waals surface area (Å²) in [4.78, 5) is 24.3. The Hall–Kier alpha value is -3.10. The summed E-state index contributed by atoms with van der Waals surface area (Å²) in [5.74, 6) is -0.329. The van der Waals surface area contributed by atoms with Gasteiger partial charge in [-0.1, -0.05) is 29.5 Å². The zero-order valence-corrected chi connectivity index (χ0v) is 19.0. The fourth-order valence-corrected chi connectivity index (χ4v) is 4.91. The maximum atomic E-state index is 13.5. The standard InChI is InChI=1S/C23H21N3O3S2/c1-15-10-11-20-21(16(15)2)25-23(30-20)26(14-18-8-4-5-12-24-18)22(27)17-7-6-9-19(13-17)31(3,28)29/h4-13H,14H2,1-3H3. The number of carbonyl (C=O) groups is 1. The van der Waals surface area contributed by atoms with E-state index in [9.17, 15) is 13.2 Å². The van der Waals surface area contributed by atoms with Gasteiger partial charge in [0.1, 0.15) is 0 Å². The monoisotopic (exact) mass is 451 g/mol. The molecule has 0 aliphatic heterocycles.